The molecule has 5 aliphatic carbocycles. The van der Waals surface area contributed by atoms with Gasteiger partial charge in [0.15, 0.2) is 0 Å². The van der Waals surface area contributed by atoms with E-state index in [9.17, 15) is 9.59 Å². The van der Waals surface area contributed by atoms with Crippen molar-refractivity contribution in [2.24, 2.45) is 34.5 Å². The van der Waals surface area contributed by atoms with Crippen LogP contribution < -0.4 is 5.32 Å². The molecule has 0 aromatic heterocycles. The Labute approximate surface area is 105 Å². The van der Waals surface area contributed by atoms with Crippen molar-refractivity contribution >= 4 is 11.9 Å². The molecule has 1 saturated heterocycles. The Kier molecular flexibility index (Phi) is 1.04. The van der Waals surface area contributed by atoms with Gasteiger partial charge in [-0.15, -0.1) is 0 Å². The minimum atomic E-state index is -0.293. The van der Waals surface area contributed by atoms with E-state index in [0.717, 1.165) is 0 Å². The third-order valence-corrected chi connectivity index (χ3v) is 7.38. The molecule has 2 spiro atoms. The fourth-order valence-corrected chi connectivity index (χ4v) is 7.37. The van der Waals surface area contributed by atoms with Gasteiger partial charge in [-0.3, -0.25) is 10.1 Å². The minimum Gasteiger partial charge on any atom is -0.320 e. The molecule has 94 valence electrons. The number of urea groups is 1. The number of rotatable bonds is 0. The molecule has 0 aromatic rings. The number of nitrogens with one attached hydrogen (secondary N) is 1. The Bertz CT molecular complexity index is 599. The Morgan fingerprint density at radius 1 is 1.39 bits per heavy atom. The molecule has 0 aromatic carbocycles. The lowest BCUT2D eigenvalue weighted by Gasteiger charge is -2.63. The summed E-state index contributed by atoms with van der Waals surface area (Å²) in [6.07, 6.45) is 0. The second-order valence-corrected chi connectivity index (χ2v) is 7.03. The van der Waals surface area contributed by atoms with Crippen molar-refractivity contribution in [3.63, 3.8) is 0 Å². The number of carbonyl (C=O) groups excluding carboxylic acids is 2. The van der Waals surface area contributed by atoms with Crippen LogP contribution in [0.5, 0.6) is 0 Å². The van der Waals surface area contributed by atoms with Crippen molar-refractivity contribution < 1.29 is 9.59 Å². The van der Waals surface area contributed by atoms with Gasteiger partial charge in [0.1, 0.15) is 0 Å². The van der Waals surface area contributed by atoms with Gasteiger partial charge in [-0.05, 0) is 23.2 Å². The fourth-order valence-electron chi connectivity index (χ4n) is 7.37. The molecule has 6 fully saturated rings. The van der Waals surface area contributed by atoms with Gasteiger partial charge < -0.3 is 4.90 Å². The number of nitrogens with zero attached hydrogens (tertiary/aromatic N) is 1. The van der Waals surface area contributed by atoms with Gasteiger partial charge in [0, 0.05) is 13.0 Å². The summed E-state index contributed by atoms with van der Waals surface area (Å²) in [5.41, 5.74) is 0.832. The zero-order valence-electron chi connectivity index (χ0n) is 10.8. The van der Waals surface area contributed by atoms with Gasteiger partial charge in [0.25, 0.3) is 0 Å². The predicted molar refractivity (Wildman–Crippen MR) is 63.3 cm³/mol. The molecule has 18 heavy (non-hydrogen) atoms. The quantitative estimate of drug-likeness (QED) is 0.646. The molecule has 3 bridgehead atoms. The van der Waals surface area contributed by atoms with Gasteiger partial charge in [-0.25, -0.2) is 4.79 Å². The first-order chi connectivity index (χ1) is 8.39. The van der Waals surface area contributed by atoms with Crippen molar-refractivity contribution in [3.05, 3.63) is 12.2 Å². The molecule has 7 unspecified atom stereocenters. The Morgan fingerprint density at radius 3 is 2.72 bits per heavy atom. The Balaban J connectivity index is 1.86. The fraction of sp³-hybridized carbons (Fsp3) is 0.714. The summed E-state index contributed by atoms with van der Waals surface area (Å²) in [7, 11) is 1.85. The highest BCUT2D eigenvalue weighted by Crippen LogP contribution is 3.03. The van der Waals surface area contributed by atoms with E-state index >= 15 is 0 Å². The second kappa shape index (κ2) is 1.95. The van der Waals surface area contributed by atoms with Gasteiger partial charge in [-0.2, -0.15) is 0 Å². The molecule has 5 saturated carbocycles. The molecule has 0 radical (unpaired) electrons. The monoisotopic (exact) mass is 244 g/mol. The number of amides is 3. The van der Waals surface area contributed by atoms with Crippen molar-refractivity contribution in [1.82, 2.24) is 10.2 Å². The average Bonchev–Trinajstić information content (AvgIpc) is 2.52. The van der Waals surface area contributed by atoms with Crippen molar-refractivity contribution in [1.29, 1.82) is 0 Å². The average molecular weight is 244 g/mol. The van der Waals surface area contributed by atoms with Gasteiger partial charge in [0.2, 0.25) is 5.91 Å². The maximum Gasteiger partial charge on any atom is 0.324 e. The molecule has 1 N–H and O–H groups in total. The van der Waals surface area contributed by atoms with E-state index in [0.29, 0.717) is 23.7 Å². The SMILES string of the molecule is C=C1C2C(C)C34C1C1(C)C2C13C(=O)NC(=O)N4C. The number of imide groups is 1. The summed E-state index contributed by atoms with van der Waals surface area (Å²) in [4.78, 5) is 26.3. The summed E-state index contributed by atoms with van der Waals surface area (Å²) in [6.45, 7) is 8.69. The summed E-state index contributed by atoms with van der Waals surface area (Å²) in [5.74, 6) is 1.57. The van der Waals surface area contributed by atoms with E-state index in [2.05, 4.69) is 25.7 Å². The summed E-state index contributed by atoms with van der Waals surface area (Å²) in [5, 5.41) is 2.56. The molecule has 1 aliphatic heterocycles. The molecule has 7 atom stereocenters. The van der Waals surface area contributed by atoms with E-state index in [1.807, 2.05) is 11.9 Å². The van der Waals surface area contributed by atoms with Crippen LogP contribution in [0.25, 0.3) is 0 Å². The van der Waals surface area contributed by atoms with Gasteiger partial charge >= 0.3 is 6.03 Å². The third-order valence-electron chi connectivity index (χ3n) is 7.38. The van der Waals surface area contributed by atoms with Crippen LogP contribution in [0.1, 0.15) is 13.8 Å². The standard InChI is InChI=1S/C14H16N2O2/c1-5-7-6(2)14-8(5)12(3)9(7)13(12,14)10(17)15-11(18)16(14)4/h6-9H,1H2,2-4H3,(H,15,17,18). The summed E-state index contributed by atoms with van der Waals surface area (Å²) >= 11 is 0. The first-order valence-corrected chi connectivity index (χ1v) is 6.67. The molecule has 4 heteroatoms. The summed E-state index contributed by atoms with van der Waals surface area (Å²) < 4.78 is 0. The first-order valence-electron chi connectivity index (χ1n) is 6.67. The predicted octanol–water partition coefficient (Wildman–Crippen LogP) is 0.995. The lowest BCUT2D eigenvalue weighted by molar-refractivity contribution is -0.163. The van der Waals surface area contributed by atoms with Crippen molar-refractivity contribution in [3.8, 4) is 0 Å². The summed E-state index contributed by atoms with van der Waals surface area (Å²) in [6, 6.07) is -0.231. The Morgan fingerprint density at radius 2 is 2.06 bits per heavy atom. The second-order valence-electron chi connectivity index (χ2n) is 7.03. The highest BCUT2D eigenvalue weighted by Gasteiger charge is 3.09. The zero-order valence-corrected chi connectivity index (χ0v) is 10.8. The van der Waals surface area contributed by atoms with E-state index < -0.39 is 0 Å². The van der Waals surface area contributed by atoms with Crippen molar-refractivity contribution in [2.45, 2.75) is 19.4 Å². The molecule has 6 rings (SSSR count). The highest BCUT2D eigenvalue weighted by atomic mass is 16.2. The van der Waals surface area contributed by atoms with E-state index in [4.69, 9.17) is 0 Å². The molecular weight excluding hydrogens is 228 g/mol. The normalized spacial score (nSPS) is 65.7. The van der Waals surface area contributed by atoms with E-state index in [-0.39, 0.29) is 28.3 Å². The van der Waals surface area contributed by atoms with Crippen LogP contribution in [0.15, 0.2) is 12.2 Å². The molecule has 1 heterocycles. The van der Waals surface area contributed by atoms with Crippen molar-refractivity contribution in [2.75, 3.05) is 7.05 Å². The maximum absolute atomic E-state index is 12.5. The van der Waals surface area contributed by atoms with Crippen LogP contribution >= 0.6 is 0 Å². The van der Waals surface area contributed by atoms with Gasteiger partial charge in [-0.1, -0.05) is 26.0 Å². The van der Waals surface area contributed by atoms with Crippen LogP contribution in [0.3, 0.4) is 0 Å². The van der Waals surface area contributed by atoms with Crippen LogP contribution in [0.4, 0.5) is 4.79 Å². The smallest absolute Gasteiger partial charge is 0.320 e. The zero-order chi connectivity index (χ0) is 12.8. The maximum atomic E-state index is 12.5. The number of hydrogen-bond donors (Lipinski definition) is 1. The van der Waals surface area contributed by atoms with E-state index in [1.165, 1.54) is 5.57 Å². The Hall–Kier alpha value is -1.32. The van der Waals surface area contributed by atoms with E-state index in [1.54, 1.807) is 0 Å². The van der Waals surface area contributed by atoms with Gasteiger partial charge in [0.05, 0.1) is 11.0 Å². The van der Waals surface area contributed by atoms with Crippen LogP contribution in [0.2, 0.25) is 0 Å². The lowest BCUT2D eigenvalue weighted by Crippen LogP contribution is -2.79. The van der Waals surface area contributed by atoms with Crippen LogP contribution in [0, 0.1) is 34.5 Å². The third kappa shape index (κ3) is 0.422. The molecule has 4 nitrogen and oxygen atoms in total. The van der Waals surface area contributed by atoms with Crippen LogP contribution in [-0.2, 0) is 4.79 Å². The topological polar surface area (TPSA) is 49.4 Å². The largest absolute Gasteiger partial charge is 0.324 e. The first kappa shape index (κ1) is 9.59. The minimum absolute atomic E-state index is 0.0174. The molecule has 6 aliphatic rings. The van der Waals surface area contributed by atoms with Crippen LogP contribution in [-0.4, -0.2) is 29.4 Å². The highest BCUT2D eigenvalue weighted by molar-refractivity contribution is 6.08. The number of hydrogen-bond acceptors (Lipinski definition) is 2. The number of carbonyl (C=O) groups is 2. The molecule has 3 amide bonds. The molecular formula is C14H16N2O2. The lowest BCUT2D eigenvalue weighted by atomic mass is 9.49.